The molecule has 1 heterocycles. The van der Waals surface area contributed by atoms with Crippen LogP contribution in [0.2, 0.25) is 0 Å². The van der Waals surface area contributed by atoms with Crippen molar-refractivity contribution in [3.05, 3.63) is 54.3 Å². The molecule has 0 bridgehead atoms. The molecule has 0 saturated heterocycles. The lowest BCUT2D eigenvalue weighted by Gasteiger charge is -2.57. The van der Waals surface area contributed by atoms with Gasteiger partial charge in [0.05, 0.1) is 5.52 Å². The molecule has 0 amide bonds. The number of hydrogen-bond donors (Lipinski definition) is 0. The number of carbonyl (C=O) groups is 1. The van der Waals surface area contributed by atoms with Gasteiger partial charge < -0.3 is 9.30 Å². The van der Waals surface area contributed by atoms with Crippen LogP contribution in [0.1, 0.15) is 65.7 Å². The van der Waals surface area contributed by atoms with E-state index >= 15 is 0 Å². The van der Waals surface area contributed by atoms with Crippen molar-refractivity contribution < 1.29 is 9.53 Å². The summed E-state index contributed by atoms with van der Waals surface area (Å²) in [6, 6.07) is 11.0. The second-order valence-electron chi connectivity index (χ2n) is 11.3. The third kappa shape index (κ3) is 2.82. The van der Waals surface area contributed by atoms with Crippen LogP contribution in [0.4, 0.5) is 0 Å². The summed E-state index contributed by atoms with van der Waals surface area (Å²) in [5.41, 5.74) is 4.97. The number of aromatic nitrogens is 1. The van der Waals surface area contributed by atoms with E-state index in [1.54, 1.807) is 12.5 Å². The highest BCUT2D eigenvalue weighted by Crippen LogP contribution is 2.65. The molecule has 6 atom stereocenters. The number of hydrogen-bond acceptors (Lipinski definition) is 2. The van der Waals surface area contributed by atoms with Crippen molar-refractivity contribution in [1.82, 2.24) is 4.57 Å². The van der Waals surface area contributed by atoms with E-state index in [0.717, 1.165) is 37.0 Å². The maximum absolute atomic E-state index is 11.5. The smallest absolute Gasteiger partial charge is 0.302 e. The van der Waals surface area contributed by atoms with Crippen molar-refractivity contribution in [1.29, 1.82) is 0 Å². The highest BCUT2D eigenvalue weighted by atomic mass is 16.5. The summed E-state index contributed by atoms with van der Waals surface area (Å²) in [4.78, 5) is 11.5. The van der Waals surface area contributed by atoms with E-state index in [2.05, 4.69) is 67.1 Å². The number of nitrogens with zero attached hydrogens (tertiary/aromatic N) is 1. The SMILES string of the molecule is CC(=O)O[C@H]1CC[C@@]2(C)C(=CCC3C2CC[C@]2(C)C(n4ccc5ccccc54)=CCC32)C1. The van der Waals surface area contributed by atoms with Crippen LogP contribution in [-0.4, -0.2) is 16.6 Å². The van der Waals surface area contributed by atoms with E-state index in [4.69, 9.17) is 4.74 Å². The van der Waals surface area contributed by atoms with Crippen molar-refractivity contribution in [3.8, 4) is 0 Å². The van der Waals surface area contributed by atoms with Gasteiger partial charge >= 0.3 is 5.97 Å². The van der Waals surface area contributed by atoms with Crippen molar-refractivity contribution in [2.75, 3.05) is 0 Å². The van der Waals surface area contributed by atoms with Crippen molar-refractivity contribution >= 4 is 22.6 Å². The maximum Gasteiger partial charge on any atom is 0.302 e. The Morgan fingerprint density at radius 3 is 2.66 bits per heavy atom. The molecule has 32 heavy (non-hydrogen) atoms. The number of esters is 1. The quantitative estimate of drug-likeness (QED) is 0.381. The monoisotopic (exact) mass is 429 g/mol. The lowest BCUT2D eigenvalue weighted by atomic mass is 9.47. The highest BCUT2D eigenvalue weighted by Gasteiger charge is 2.57. The Bertz CT molecular complexity index is 1140. The fourth-order valence-corrected chi connectivity index (χ4v) is 8.17. The third-order valence-electron chi connectivity index (χ3n) is 9.79. The molecule has 2 fully saturated rings. The topological polar surface area (TPSA) is 31.2 Å². The summed E-state index contributed by atoms with van der Waals surface area (Å²) in [7, 11) is 0. The number of ether oxygens (including phenoxy) is 1. The van der Waals surface area contributed by atoms with Gasteiger partial charge in [-0.25, -0.2) is 0 Å². The minimum absolute atomic E-state index is 0.0824. The molecule has 0 radical (unpaired) electrons. The molecule has 0 aliphatic heterocycles. The Hall–Kier alpha value is -2.29. The summed E-state index contributed by atoms with van der Waals surface area (Å²) < 4.78 is 8.08. The highest BCUT2D eigenvalue weighted by molar-refractivity contribution is 5.84. The van der Waals surface area contributed by atoms with Gasteiger partial charge in [-0.1, -0.05) is 49.8 Å². The molecule has 1 aromatic carbocycles. The summed E-state index contributed by atoms with van der Waals surface area (Å²) in [5.74, 6) is 2.10. The molecule has 2 aromatic rings. The van der Waals surface area contributed by atoms with Crippen LogP contribution < -0.4 is 0 Å². The van der Waals surface area contributed by atoms with Crippen LogP contribution in [0.5, 0.6) is 0 Å². The first-order valence-electron chi connectivity index (χ1n) is 12.5. The summed E-state index contributed by atoms with van der Waals surface area (Å²) in [5, 5.41) is 1.33. The number of rotatable bonds is 2. The number of carbonyl (C=O) groups excluding carboxylic acids is 1. The molecule has 4 aliphatic carbocycles. The van der Waals surface area contributed by atoms with Crippen LogP contribution in [0.15, 0.2) is 54.3 Å². The van der Waals surface area contributed by atoms with Gasteiger partial charge in [-0.05, 0) is 79.2 Å². The zero-order chi connectivity index (χ0) is 22.1. The number of allylic oxidation sites excluding steroid dienone is 3. The van der Waals surface area contributed by atoms with Crippen LogP contribution in [0.3, 0.4) is 0 Å². The fourth-order valence-electron chi connectivity index (χ4n) is 8.17. The lowest BCUT2D eigenvalue weighted by Crippen LogP contribution is -2.50. The normalized spacial score (nSPS) is 38.3. The Morgan fingerprint density at radius 2 is 1.81 bits per heavy atom. The molecule has 4 aliphatic rings. The summed E-state index contributed by atoms with van der Waals surface area (Å²) >= 11 is 0. The van der Waals surface area contributed by atoms with E-state index in [-0.39, 0.29) is 22.9 Å². The average molecular weight is 430 g/mol. The first kappa shape index (κ1) is 20.3. The summed E-state index contributed by atoms with van der Waals surface area (Å²) in [6.45, 7) is 6.60. The van der Waals surface area contributed by atoms with Gasteiger partial charge in [-0.3, -0.25) is 4.79 Å². The Kier molecular flexibility index (Phi) is 4.51. The molecule has 0 N–H and O–H groups in total. The average Bonchev–Trinajstić information content (AvgIpc) is 3.34. The van der Waals surface area contributed by atoms with Gasteiger partial charge in [0.1, 0.15) is 6.10 Å². The van der Waals surface area contributed by atoms with Gasteiger partial charge in [0.15, 0.2) is 0 Å². The van der Waals surface area contributed by atoms with Crippen LogP contribution in [0.25, 0.3) is 16.6 Å². The van der Waals surface area contributed by atoms with Crippen molar-refractivity contribution in [2.45, 2.75) is 71.8 Å². The molecule has 1 aromatic heterocycles. The second kappa shape index (κ2) is 7.10. The molecule has 168 valence electrons. The first-order valence-corrected chi connectivity index (χ1v) is 12.5. The standard InChI is InChI=1S/C29H35NO2/c1-19(31)32-22-12-15-28(2)21(18-22)8-9-23-24-10-11-27(29(24,3)16-13-25(23)28)30-17-14-20-6-4-5-7-26(20)30/h4-8,11,14,17,22-25H,9-10,12-13,15-16,18H2,1-3H3/t22-,23?,24?,25?,28-,29-/m0/s1. The zero-order valence-electron chi connectivity index (χ0n) is 19.6. The van der Waals surface area contributed by atoms with E-state index in [0.29, 0.717) is 0 Å². The van der Waals surface area contributed by atoms with Gasteiger partial charge in [0.2, 0.25) is 0 Å². The Balaban J connectivity index is 1.30. The molecule has 6 rings (SSSR count). The second-order valence-corrected chi connectivity index (χ2v) is 11.3. The van der Waals surface area contributed by atoms with Crippen molar-refractivity contribution in [2.24, 2.45) is 28.6 Å². The molecule has 2 saturated carbocycles. The maximum atomic E-state index is 11.5. The molecule has 3 unspecified atom stereocenters. The van der Waals surface area contributed by atoms with Gasteiger partial charge in [-0.15, -0.1) is 0 Å². The van der Waals surface area contributed by atoms with E-state index < -0.39 is 0 Å². The van der Waals surface area contributed by atoms with Crippen LogP contribution in [-0.2, 0) is 9.53 Å². The van der Waals surface area contributed by atoms with E-state index in [9.17, 15) is 4.79 Å². The summed E-state index contributed by atoms with van der Waals surface area (Å²) in [6.07, 6.45) is 15.6. The fraction of sp³-hybridized carbons (Fsp3) is 0.552. The molecule has 0 spiro atoms. The molecule has 3 heteroatoms. The predicted octanol–water partition coefficient (Wildman–Crippen LogP) is 6.99. The Morgan fingerprint density at radius 1 is 1.00 bits per heavy atom. The van der Waals surface area contributed by atoms with E-state index in [1.807, 2.05) is 0 Å². The van der Waals surface area contributed by atoms with Gasteiger partial charge in [0, 0.05) is 30.7 Å². The first-order chi connectivity index (χ1) is 15.4. The zero-order valence-corrected chi connectivity index (χ0v) is 19.6. The van der Waals surface area contributed by atoms with E-state index in [1.165, 1.54) is 42.3 Å². The largest absolute Gasteiger partial charge is 0.462 e. The molecule has 3 nitrogen and oxygen atoms in total. The number of para-hydroxylation sites is 1. The van der Waals surface area contributed by atoms with Gasteiger partial charge in [-0.2, -0.15) is 0 Å². The minimum atomic E-state index is -0.136. The molecular weight excluding hydrogens is 394 g/mol. The van der Waals surface area contributed by atoms with Crippen molar-refractivity contribution in [3.63, 3.8) is 0 Å². The van der Waals surface area contributed by atoms with Gasteiger partial charge in [0.25, 0.3) is 0 Å². The Labute approximate surface area is 191 Å². The number of fused-ring (bicyclic) bond motifs is 6. The van der Waals surface area contributed by atoms with Crippen LogP contribution >= 0.6 is 0 Å². The van der Waals surface area contributed by atoms with Crippen LogP contribution in [0, 0.1) is 28.6 Å². The predicted molar refractivity (Wildman–Crippen MR) is 129 cm³/mol. The minimum Gasteiger partial charge on any atom is -0.462 e. The lowest BCUT2D eigenvalue weighted by molar-refractivity contribution is -0.148. The third-order valence-corrected chi connectivity index (χ3v) is 9.79. The molecular formula is C29H35NO2. The number of benzene rings is 1.